The van der Waals surface area contributed by atoms with Crippen LogP contribution in [0.5, 0.6) is 5.75 Å². The molecule has 1 fully saturated rings. The standard InChI is InChI=1S/C18H28N2O3/c1-3-12-23-17-9-7-15(8-10-17)13-20-11-5-6-16(14-20)19-18(21)22-4-2/h7-10,16H,3-6,11-14H2,1-2H3,(H,19,21)/t16-/m1/s1. The van der Waals surface area contributed by atoms with Crippen LogP contribution in [0.15, 0.2) is 24.3 Å². The minimum absolute atomic E-state index is 0.176. The molecule has 1 amide bonds. The molecule has 0 aromatic heterocycles. The number of carbonyl (C=O) groups is 1. The van der Waals surface area contributed by atoms with Crippen LogP contribution in [-0.4, -0.2) is 43.3 Å². The highest BCUT2D eigenvalue weighted by molar-refractivity contribution is 5.67. The molecule has 0 bridgehead atoms. The number of ether oxygens (including phenoxy) is 2. The fourth-order valence-corrected chi connectivity index (χ4v) is 2.83. The maximum Gasteiger partial charge on any atom is 0.407 e. The topological polar surface area (TPSA) is 50.8 Å². The highest BCUT2D eigenvalue weighted by Crippen LogP contribution is 2.17. The number of rotatable bonds is 7. The van der Waals surface area contributed by atoms with Crippen LogP contribution < -0.4 is 10.1 Å². The summed E-state index contributed by atoms with van der Waals surface area (Å²) in [6.07, 6.45) is 2.81. The average molecular weight is 320 g/mol. The Balaban J connectivity index is 1.81. The second-order valence-corrected chi connectivity index (χ2v) is 5.93. The molecule has 0 radical (unpaired) electrons. The monoisotopic (exact) mass is 320 g/mol. The van der Waals surface area contributed by atoms with Gasteiger partial charge in [-0.25, -0.2) is 4.79 Å². The molecule has 2 rings (SSSR count). The summed E-state index contributed by atoms with van der Waals surface area (Å²) in [5.74, 6) is 0.927. The summed E-state index contributed by atoms with van der Waals surface area (Å²) >= 11 is 0. The van der Waals surface area contributed by atoms with Gasteiger partial charge in [-0.2, -0.15) is 0 Å². The van der Waals surface area contributed by atoms with E-state index >= 15 is 0 Å². The molecule has 1 aliphatic heterocycles. The van der Waals surface area contributed by atoms with Crippen molar-refractivity contribution >= 4 is 6.09 Å². The summed E-state index contributed by atoms with van der Waals surface area (Å²) in [5.41, 5.74) is 1.27. The van der Waals surface area contributed by atoms with Gasteiger partial charge < -0.3 is 14.8 Å². The van der Waals surface area contributed by atoms with Gasteiger partial charge in [-0.15, -0.1) is 0 Å². The number of likely N-dealkylation sites (tertiary alicyclic amines) is 1. The summed E-state index contributed by atoms with van der Waals surface area (Å²) in [5, 5.41) is 2.94. The summed E-state index contributed by atoms with van der Waals surface area (Å²) in [4.78, 5) is 13.9. The Morgan fingerprint density at radius 3 is 2.78 bits per heavy atom. The maximum atomic E-state index is 11.5. The lowest BCUT2D eigenvalue weighted by Crippen LogP contribution is -2.47. The molecule has 23 heavy (non-hydrogen) atoms. The number of piperidine rings is 1. The van der Waals surface area contributed by atoms with Gasteiger partial charge in [0.15, 0.2) is 0 Å². The molecule has 5 heteroatoms. The third kappa shape index (κ3) is 6.10. The predicted molar refractivity (Wildman–Crippen MR) is 90.7 cm³/mol. The fraction of sp³-hybridized carbons (Fsp3) is 0.611. The first-order valence-corrected chi connectivity index (χ1v) is 8.58. The van der Waals surface area contributed by atoms with Crippen molar-refractivity contribution in [1.82, 2.24) is 10.2 Å². The molecule has 1 aliphatic rings. The average Bonchev–Trinajstić information content (AvgIpc) is 2.55. The van der Waals surface area contributed by atoms with Crippen molar-refractivity contribution in [3.8, 4) is 5.75 Å². The number of hydrogen-bond acceptors (Lipinski definition) is 4. The van der Waals surface area contributed by atoms with Crippen molar-refractivity contribution in [3.05, 3.63) is 29.8 Å². The number of hydrogen-bond donors (Lipinski definition) is 1. The van der Waals surface area contributed by atoms with Gasteiger partial charge >= 0.3 is 6.09 Å². The third-order valence-corrected chi connectivity index (χ3v) is 3.91. The first-order chi connectivity index (χ1) is 11.2. The van der Waals surface area contributed by atoms with Crippen LogP contribution in [0.1, 0.15) is 38.7 Å². The van der Waals surface area contributed by atoms with E-state index in [0.29, 0.717) is 6.61 Å². The number of amides is 1. The van der Waals surface area contributed by atoms with Gasteiger partial charge in [0.2, 0.25) is 0 Å². The van der Waals surface area contributed by atoms with Gasteiger partial charge in [0, 0.05) is 19.1 Å². The van der Waals surface area contributed by atoms with E-state index in [1.807, 2.05) is 19.1 Å². The first-order valence-electron chi connectivity index (χ1n) is 8.58. The van der Waals surface area contributed by atoms with Crippen molar-refractivity contribution in [2.75, 3.05) is 26.3 Å². The van der Waals surface area contributed by atoms with E-state index < -0.39 is 0 Å². The predicted octanol–water partition coefficient (Wildman–Crippen LogP) is 3.19. The smallest absolute Gasteiger partial charge is 0.407 e. The molecule has 0 aliphatic carbocycles. The van der Waals surface area contributed by atoms with Crippen LogP contribution in [0, 0.1) is 0 Å². The van der Waals surface area contributed by atoms with E-state index in [1.54, 1.807) is 0 Å². The van der Waals surface area contributed by atoms with Crippen LogP contribution in [-0.2, 0) is 11.3 Å². The minimum atomic E-state index is -0.309. The lowest BCUT2D eigenvalue weighted by Gasteiger charge is -2.32. The molecule has 1 aromatic carbocycles. The van der Waals surface area contributed by atoms with E-state index in [4.69, 9.17) is 9.47 Å². The van der Waals surface area contributed by atoms with Gasteiger partial charge in [-0.3, -0.25) is 4.90 Å². The van der Waals surface area contributed by atoms with E-state index in [1.165, 1.54) is 5.56 Å². The number of benzene rings is 1. The molecule has 0 spiro atoms. The van der Waals surface area contributed by atoms with Crippen LogP contribution in [0.3, 0.4) is 0 Å². The van der Waals surface area contributed by atoms with E-state index in [2.05, 4.69) is 29.3 Å². The fourth-order valence-electron chi connectivity index (χ4n) is 2.83. The Kier molecular flexibility index (Phi) is 7.20. The van der Waals surface area contributed by atoms with Gasteiger partial charge in [0.05, 0.1) is 13.2 Å². The molecule has 128 valence electrons. The minimum Gasteiger partial charge on any atom is -0.494 e. The quantitative estimate of drug-likeness (QED) is 0.838. The number of carbonyl (C=O) groups excluding carboxylic acids is 1. The highest BCUT2D eigenvalue weighted by atomic mass is 16.5. The van der Waals surface area contributed by atoms with Crippen molar-refractivity contribution < 1.29 is 14.3 Å². The Bertz CT molecular complexity index is 476. The SMILES string of the molecule is CCCOc1ccc(CN2CCC[C@@H](NC(=O)OCC)C2)cc1. The van der Waals surface area contributed by atoms with Gasteiger partial charge in [0.1, 0.15) is 5.75 Å². The summed E-state index contributed by atoms with van der Waals surface area (Å²) < 4.78 is 10.6. The number of nitrogens with one attached hydrogen (secondary N) is 1. The van der Waals surface area contributed by atoms with Gasteiger partial charge in [-0.1, -0.05) is 19.1 Å². The van der Waals surface area contributed by atoms with Crippen molar-refractivity contribution in [1.29, 1.82) is 0 Å². The van der Waals surface area contributed by atoms with Gasteiger partial charge in [0.25, 0.3) is 0 Å². The second-order valence-electron chi connectivity index (χ2n) is 5.93. The zero-order valence-corrected chi connectivity index (χ0v) is 14.2. The van der Waals surface area contributed by atoms with Crippen LogP contribution >= 0.6 is 0 Å². The van der Waals surface area contributed by atoms with Crippen molar-refractivity contribution in [2.24, 2.45) is 0 Å². The zero-order valence-electron chi connectivity index (χ0n) is 14.2. The molecule has 5 nitrogen and oxygen atoms in total. The summed E-state index contributed by atoms with van der Waals surface area (Å²) in [6, 6.07) is 8.47. The Morgan fingerprint density at radius 1 is 1.30 bits per heavy atom. The third-order valence-electron chi connectivity index (χ3n) is 3.91. The van der Waals surface area contributed by atoms with Crippen molar-refractivity contribution in [2.45, 2.75) is 45.7 Å². The first kappa shape index (κ1) is 17.6. The molecule has 1 saturated heterocycles. The van der Waals surface area contributed by atoms with Crippen LogP contribution in [0.2, 0.25) is 0 Å². The molecular weight excluding hydrogens is 292 g/mol. The summed E-state index contributed by atoms with van der Waals surface area (Å²) in [6.45, 7) is 7.92. The van der Waals surface area contributed by atoms with Gasteiger partial charge in [-0.05, 0) is 50.4 Å². The molecule has 1 aromatic rings. The molecular formula is C18H28N2O3. The Hall–Kier alpha value is -1.75. The van der Waals surface area contributed by atoms with E-state index in [-0.39, 0.29) is 12.1 Å². The second kappa shape index (κ2) is 9.40. The van der Waals surface area contributed by atoms with Crippen LogP contribution in [0.25, 0.3) is 0 Å². The zero-order chi connectivity index (χ0) is 16.5. The Labute approximate surface area is 139 Å². The van der Waals surface area contributed by atoms with Crippen LogP contribution in [0.4, 0.5) is 4.79 Å². The lowest BCUT2D eigenvalue weighted by molar-refractivity contribution is 0.132. The molecule has 1 heterocycles. The largest absolute Gasteiger partial charge is 0.494 e. The maximum absolute atomic E-state index is 11.5. The molecule has 1 N–H and O–H groups in total. The number of alkyl carbamates (subject to hydrolysis) is 1. The molecule has 1 atom stereocenters. The van der Waals surface area contributed by atoms with E-state index in [9.17, 15) is 4.79 Å². The highest BCUT2D eigenvalue weighted by Gasteiger charge is 2.21. The molecule has 0 saturated carbocycles. The Morgan fingerprint density at radius 2 is 2.09 bits per heavy atom. The number of nitrogens with zero attached hydrogens (tertiary/aromatic N) is 1. The van der Waals surface area contributed by atoms with Crippen molar-refractivity contribution in [3.63, 3.8) is 0 Å². The van der Waals surface area contributed by atoms with E-state index in [0.717, 1.165) is 51.3 Å². The normalized spacial score (nSPS) is 18.4. The summed E-state index contributed by atoms with van der Waals surface area (Å²) in [7, 11) is 0. The molecule has 0 unspecified atom stereocenters. The lowest BCUT2D eigenvalue weighted by atomic mass is 10.0.